The molecule has 0 fully saturated rings. The number of nitrogens with one attached hydrogen (secondary N) is 1. The molecule has 1 aromatic rings. The zero-order valence-corrected chi connectivity index (χ0v) is 12.7. The van der Waals surface area contributed by atoms with E-state index in [-0.39, 0.29) is 0 Å². The molecule has 2 nitrogen and oxygen atoms in total. The highest BCUT2D eigenvalue weighted by molar-refractivity contribution is 5.38. The maximum Gasteiger partial charge on any atom is 0.0594 e. The molecule has 0 heterocycles. The molecule has 19 heavy (non-hydrogen) atoms. The fraction of sp³-hybridized carbons (Fsp3) is 0.647. The molecule has 0 spiro atoms. The minimum absolute atomic E-state index is 0.309. The Bertz CT molecular complexity index is 411. The standard InChI is InChI=1S/C17H27NO/c1-13(2)19-12-11-18-16-9-10-17(3,4)15-8-6-5-7-14(15)16/h5-8,13,16,18H,9-12H2,1-4H3. The van der Waals surface area contributed by atoms with E-state index in [2.05, 4.69) is 57.3 Å². The third kappa shape index (κ3) is 3.58. The summed E-state index contributed by atoms with van der Waals surface area (Å²) in [6.07, 6.45) is 2.78. The molecule has 1 atom stereocenters. The van der Waals surface area contributed by atoms with Crippen molar-refractivity contribution in [3.05, 3.63) is 35.4 Å². The molecule has 0 saturated carbocycles. The molecule has 0 aromatic heterocycles. The van der Waals surface area contributed by atoms with Crippen LogP contribution in [0.2, 0.25) is 0 Å². The largest absolute Gasteiger partial charge is 0.377 e. The molecule has 1 unspecified atom stereocenters. The van der Waals surface area contributed by atoms with Crippen LogP contribution in [0.5, 0.6) is 0 Å². The number of benzene rings is 1. The van der Waals surface area contributed by atoms with E-state index in [1.54, 1.807) is 0 Å². The van der Waals surface area contributed by atoms with Crippen LogP contribution in [0.3, 0.4) is 0 Å². The number of hydrogen-bond donors (Lipinski definition) is 1. The van der Waals surface area contributed by atoms with Crippen molar-refractivity contribution in [1.29, 1.82) is 0 Å². The fourth-order valence-electron chi connectivity index (χ4n) is 2.95. The van der Waals surface area contributed by atoms with E-state index < -0.39 is 0 Å². The van der Waals surface area contributed by atoms with Gasteiger partial charge in [0.1, 0.15) is 0 Å². The van der Waals surface area contributed by atoms with Crippen molar-refractivity contribution in [2.75, 3.05) is 13.2 Å². The van der Waals surface area contributed by atoms with Crippen molar-refractivity contribution in [2.24, 2.45) is 0 Å². The van der Waals surface area contributed by atoms with E-state index >= 15 is 0 Å². The van der Waals surface area contributed by atoms with Gasteiger partial charge in [0.15, 0.2) is 0 Å². The first-order chi connectivity index (χ1) is 9.00. The Morgan fingerprint density at radius 2 is 2.05 bits per heavy atom. The SMILES string of the molecule is CC(C)OCCNC1CCC(C)(C)c2ccccc21. The molecule has 0 bridgehead atoms. The molecule has 1 aromatic carbocycles. The van der Waals surface area contributed by atoms with Gasteiger partial charge in [0, 0.05) is 12.6 Å². The van der Waals surface area contributed by atoms with Crippen LogP contribution in [0.25, 0.3) is 0 Å². The molecular weight excluding hydrogens is 234 g/mol. The molecule has 106 valence electrons. The predicted octanol–water partition coefficient (Wildman–Crippen LogP) is 3.81. The maximum absolute atomic E-state index is 5.60. The normalized spacial score (nSPS) is 21.4. The topological polar surface area (TPSA) is 21.3 Å². The summed E-state index contributed by atoms with van der Waals surface area (Å²) in [5.74, 6) is 0. The van der Waals surface area contributed by atoms with Gasteiger partial charge in [-0.2, -0.15) is 0 Å². The van der Waals surface area contributed by atoms with E-state index in [1.807, 2.05) is 0 Å². The zero-order valence-electron chi connectivity index (χ0n) is 12.7. The van der Waals surface area contributed by atoms with Crippen LogP contribution < -0.4 is 5.32 Å². The molecule has 2 heteroatoms. The minimum Gasteiger partial charge on any atom is -0.377 e. The summed E-state index contributed by atoms with van der Waals surface area (Å²) in [5.41, 5.74) is 3.29. The average molecular weight is 261 g/mol. The van der Waals surface area contributed by atoms with Gasteiger partial charge in [-0.25, -0.2) is 0 Å². The van der Waals surface area contributed by atoms with Gasteiger partial charge in [0.25, 0.3) is 0 Å². The Morgan fingerprint density at radius 1 is 1.32 bits per heavy atom. The number of hydrogen-bond acceptors (Lipinski definition) is 2. The molecule has 0 aliphatic heterocycles. The zero-order chi connectivity index (χ0) is 13.9. The van der Waals surface area contributed by atoms with Crippen LogP contribution >= 0.6 is 0 Å². The Kier molecular flexibility index (Phi) is 4.64. The lowest BCUT2D eigenvalue weighted by Gasteiger charge is -2.37. The van der Waals surface area contributed by atoms with Crippen molar-refractivity contribution < 1.29 is 4.74 Å². The van der Waals surface area contributed by atoms with Gasteiger partial charge in [0.2, 0.25) is 0 Å². The second-order valence-electron chi connectivity index (χ2n) is 6.44. The molecule has 0 radical (unpaired) electrons. The number of rotatable bonds is 5. The molecule has 0 saturated heterocycles. The highest BCUT2D eigenvalue weighted by atomic mass is 16.5. The Hall–Kier alpha value is -0.860. The maximum atomic E-state index is 5.60. The van der Waals surface area contributed by atoms with E-state index in [1.165, 1.54) is 24.0 Å². The van der Waals surface area contributed by atoms with Crippen molar-refractivity contribution in [3.8, 4) is 0 Å². The van der Waals surface area contributed by atoms with Gasteiger partial charge in [0.05, 0.1) is 12.7 Å². The first kappa shape index (κ1) is 14.5. The van der Waals surface area contributed by atoms with E-state index in [9.17, 15) is 0 Å². The Morgan fingerprint density at radius 3 is 2.79 bits per heavy atom. The van der Waals surface area contributed by atoms with Gasteiger partial charge >= 0.3 is 0 Å². The van der Waals surface area contributed by atoms with Crippen LogP contribution in [0.15, 0.2) is 24.3 Å². The van der Waals surface area contributed by atoms with Gasteiger partial charge in [-0.3, -0.25) is 0 Å². The second-order valence-corrected chi connectivity index (χ2v) is 6.44. The Balaban J connectivity index is 2.00. The molecule has 1 aliphatic rings. The lowest BCUT2D eigenvalue weighted by atomic mass is 9.71. The van der Waals surface area contributed by atoms with Crippen LogP contribution in [0.4, 0.5) is 0 Å². The van der Waals surface area contributed by atoms with Crippen LogP contribution in [0.1, 0.15) is 57.7 Å². The van der Waals surface area contributed by atoms with Gasteiger partial charge in [-0.15, -0.1) is 0 Å². The van der Waals surface area contributed by atoms with Gasteiger partial charge in [-0.05, 0) is 43.2 Å². The molecule has 0 amide bonds. The number of fused-ring (bicyclic) bond motifs is 1. The van der Waals surface area contributed by atoms with Crippen molar-refractivity contribution >= 4 is 0 Å². The van der Waals surface area contributed by atoms with Gasteiger partial charge in [-0.1, -0.05) is 38.1 Å². The van der Waals surface area contributed by atoms with Crippen LogP contribution in [-0.2, 0) is 10.2 Å². The van der Waals surface area contributed by atoms with Crippen LogP contribution in [0, 0.1) is 0 Å². The Labute approximate surface area is 117 Å². The smallest absolute Gasteiger partial charge is 0.0594 e. The summed E-state index contributed by atoms with van der Waals surface area (Å²) >= 11 is 0. The van der Waals surface area contributed by atoms with E-state index in [4.69, 9.17) is 4.74 Å². The van der Waals surface area contributed by atoms with Crippen molar-refractivity contribution in [2.45, 2.75) is 58.1 Å². The summed E-state index contributed by atoms with van der Waals surface area (Å²) in [4.78, 5) is 0. The first-order valence-electron chi connectivity index (χ1n) is 7.45. The molecule has 1 aliphatic carbocycles. The third-order valence-electron chi connectivity index (χ3n) is 4.07. The highest BCUT2D eigenvalue weighted by Gasteiger charge is 2.31. The summed E-state index contributed by atoms with van der Waals surface area (Å²) in [5, 5.41) is 3.65. The quantitative estimate of drug-likeness (QED) is 0.814. The van der Waals surface area contributed by atoms with Crippen LogP contribution in [-0.4, -0.2) is 19.3 Å². The third-order valence-corrected chi connectivity index (χ3v) is 4.07. The monoisotopic (exact) mass is 261 g/mol. The number of ether oxygens (including phenoxy) is 1. The highest BCUT2D eigenvalue weighted by Crippen LogP contribution is 2.41. The second kappa shape index (κ2) is 6.06. The van der Waals surface area contributed by atoms with Crippen molar-refractivity contribution in [1.82, 2.24) is 5.32 Å². The fourth-order valence-corrected chi connectivity index (χ4v) is 2.95. The summed E-state index contributed by atoms with van der Waals surface area (Å²) in [6.45, 7) is 10.6. The summed E-state index contributed by atoms with van der Waals surface area (Å²) in [7, 11) is 0. The summed E-state index contributed by atoms with van der Waals surface area (Å²) in [6, 6.07) is 9.36. The molecule has 1 N–H and O–H groups in total. The lowest BCUT2D eigenvalue weighted by Crippen LogP contribution is -2.34. The van der Waals surface area contributed by atoms with E-state index in [0.29, 0.717) is 17.6 Å². The first-order valence-corrected chi connectivity index (χ1v) is 7.45. The lowest BCUT2D eigenvalue weighted by molar-refractivity contribution is 0.0787. The summed E-state index contributed by atoms with van der Waals surface area (Å²) < 4.78 is 5.60. The molecular formula is C17H27NO. The minimum atomic E-state index is 0.309. The molecule has 2 rings (SSSR count). The van der Waals surface area contributed by atoms with Crippen molar-refractivity contribution in [3.63, 3.8) is 0 Å². The predicted molar refractivity (Wildman–Crippen MR) is 80.5 cm³/mol. The average Bonchev–Trinajstić information content (AvgIpc) is 2.37. The van der Waals surface area contributed by atoms with E-state index in [0.717, 1.165) is 13.2 Å². The van der Waals surface area contributed by atoms with Gasteiger partial charge < -0.3 is 10.1 Å².